The highest BCUT2D eigenvalue weighted by molar-refractivity contribution is 5.94. The quantitative estimate of drug-likeness (QED) is 0.840. The van der Waals surface area contributed by atoms with Crippen molar-refractivity contribution >= 4 is 17.3 Å². The van der Waals surface area contributed by atoms with Gasteiger partial charge in [-0.1, -0.05) is 0 Å². The normalized spacial score (nSPS) is 22.1. The number of ether oxygens (including phenoxy) is 1. The van der Waals surface area contributed by atoms with E-state index in [1.54, 1.807) is 0 Å². The van der Waals surface area contributed by atoms with E-state index in [2.05, 4.69) is 16.7 Å². The lowest BCUT2D eigenvalue weighted by molar-refractivity contribution is -0.124. The van der Waals surface area contributed by atoms with Gasteiger partial charge in [-0.05, 0) is 49.4 Å². The SMILES string of the molecule is O=C(Nc1ccc2c(c1)CCCN2)[C@H]1CCCO1. The van der Waals surface area contributed by atoms with Crippen LogP contribution in [0.5, 0.6) is 0 Å². The minimum absolute atomic E-state index is 0.0174. The van der Waals surface area contributed by atoms with E-state index in [9.17, 15) is 4.79 Å². The smallest absolute Gasteiger partial charge is 0.253 e. The Bertz CT molecular complexity index is 453. The highest BCUT2D eigenvalue weighted by Crippen LogP contribution is 2.25. The van der Waals surface area contributed by atoms with Crippen LogP contribution >= 0.6 is 0 Å². The zero-order chi connectivity index (χ0) is 12.4. The lowest BCUT2D eigenvalue weighted by Crippen LogP contribution is -2.27. The third-order valence-corrected chi connectivity index (χ3v) is 3.53. The Hall–Kier alpha value is -1.55. The van der Waals surface area contributed by atoms with Gasteiger partial charge in [0.15, 0.2) is 0 Å². The Morgan fingerprint density at radius 2 is 2.33 bits per heavy atom. The molecule has 1 aromatic carbocycles. The van der Waals surface area contributed by atoms with Gasteiger partial charge in [0.1, 0.15) is 6.10 Å². The van der Waals surface area contributed by atoms with Crippen LogP contribution in [-0.4, -0.2) is 25.2 Å². The number of nitrogens with one attached hydrogen (secondary N) is 2. The van der Waals surface area contributed by atoms with Crippen LogP contribution in [0.25, 0.3) is 0 Å². The molecule has 0 spiro atoms. The first-order valence-corrected chi connectivity index (χ1v) is 6.62. The molecule has 2 aliphatic rings. The maximum Gasteiger partial charge on any atom is 0.253 e. The number of benzene rings is 1. The topological polar surface area (TPSA) is 50.4 Å². The minimum Gasteiger partial charge on any atom is -0.385 e. The van der Waals surface area contributed by atoms with Crippen LogP contribution in [0.15, 0.2) is 18.2 Å². The van der Waals surface area contributed by atoms with Crippen molar-refractivity contribution in [3.63, 3.8) is 0 Å². The molecule has 0 aromatic heterocycles. The largest absolute Gasteiger partial charge is 0.385 e. The van der Waals surface area contributed by atoms with Crippen molar-refractivity contribution in [3.8, 4) is 0 Å². The van der Waals surface area contributed by atoms with Crippen molar-refractivity contribution in [1.29, 1.82) is 0 Å². The van der Waals surface area contributed by atoms with E-state index >= 15 is 0 Å². The van der Waals surface area contributed by atoms with Crippen LogP contribution in [-0.2, 0) is 16.0 Å². The molecule has 4 heteroatoms. The molecule has 0 unspecified atom stereocenters. The van der Waals surface area contributed by atoms with Gasteiger partial charge in [0, 0.05) is 24.5 Å². The third kappa shape index (κ3) is 2.34. The van der Waals surface area contributed by atoms with Crippen molar-refractivity contribution < 1.29 is 9.53 Å². The molecule has 1 fully saturated rings. The van der Waals surface area contributed by atoms with Crippen LogP contribution in [0.3, 0.4) is 0 Å². The van der Waals surface area contributed by atoms with E-state index in [4.69, 9.17) is 4.74 Å². The number of anilines is 2. The van der Waals surface area contributed by atoms with Gasteiger partial charge in [-0.2, -0.15) is 0 Å². The average Bonchev–Trinajstić information content (AvgIpc) is 2.92. The summed E-state index contributed by atoms with van der Waals surface area (Å²) >= 11 is 0. The summed E-state index contributed by atoms with van der Waals surface area (Å²) in [6.07, 6.45) is 3.77. The summed E-state index contributed by atoms with van der Waals surface area (Å²) in [7, 11) is 0. The Kier molecular flexibility index (Phi) is 3.19. The summed E-state index contributed by atoms with van der Waals surface area (Å²) in [4.78, 5) is 11.9. The molecule has 1 saturated heterocycles. The second-order valence-electron chi connectivity index (χ2n) is 4.89. The van der Waals surface area contributed by atoms with Crippen LogP contribution in [0, 0.1) is 0 Å². The van der Waals surface area contributed by atoms with E-state index in [1.165, 1.54) is 11.3 Å². The third-order valence-electron chi connectivity index (χ3n) is 3.53. The zero-order valence-corrected chi connectivity index (χ0v) is 10.4. The average molecular weight is 246 g/mol. The van der Waals surface area contributed by atoms with Crippen LogP contribution in [0.4, 0.5) is 11.4 Å². The molecule has 0 aliphatic carbocycles. The molecule has 0 radical (unpaired) electrons. The fourth-order valence-electron chi connectivity index (χ4n) is 2.56. The molecule has 1 amide bonds. The molecule has 1 atom stereocenters. The summed E-state index contributed by atoms with van der Waals surface area (Å²) in [6.45, 7) is 1.74. The van der Waals surface area contributed by atoms with Gasteiger partial charge in [0.2, 0.25) is 0 Å². The molecule has 3 rings (SSSR count). The first kappa shape index (κ1) is 11.5. The van der Waals surface area contributed by atoms with Gasteiger partial charge in [-0.15, -0.1) is 0 Å². The monoisotopic (exact) mass is 246 g/mol. The molecule has 2 heterocycles. The molecule has 0 saturated carbocycles. The minimum atomic E-state index is -0.265. The highest BCUT2D eigenvalue weighted by atomic mass is 16.5. The van der Waals surface area contributed by atoms with E-state index in [1.807, 2.05) is 12.1 Å². The second-order valence-corrected chi connectivity index (χ2v) is 4.89. The van der Waals surface area contributed by atoms with Crippen molar-refractivity contribution in [2.45, 2.75) is 31.8 Å². The summed E-state index contributed by atoms with van der Waals surface area (Å²) in [6, 6.07) is 6.05. The fraction of sp³-hybridized carbons (Fsp3) is 0.500. The maximum absolute atomic E-state index is 11.9. The Labute approximate surface area is 107 Å². The standard InChI is InChI=1S/C14H18N2O2/c17-14(13-4-2-8-18-13)16-11-5-6-12-10(9-11)3-1-7-15-12/h5-6,9,13,15H,1-4,7-8H2,(H,16,17)/t13-/m1/s1. The molecule has 2 aliphatic heterocycles. The predicted molar refractivity (Wildman–Crippen MR) is 70.9 cm³/mol. The molecular weight excluding hydrogens is 228 g/mol. The molecule has 0 bridgehead atoms. The van der Waals surface area contributed by atoms with Crippen LogP contribution in [0.2, 0.25) is 0 Å². The molecule has 18 heavy (non-hydrogen) atoms. The zero-order valence-electron chi connectivity index (χ0n) is 10.4. The van der Waals surface area contributed by atoms with E-state index in [0.29, 0.717) is 6.61 Å². The molecular formula is C14H18N2O2. The second kappa shape index (κ2) is 4.98. The summed E-state index contributed by atoms with van der Waals surface area (Å²) in [5, 5.41) is 6.30. The Balaban J connectivity index is 1.70. The predicted octanol–water partition coefficient (Wildman–Crippen LogP) is 2.16. The number of carbonyl (C=O) groups is 1. The van der Waals surface area contributed by atoms with E-state index in [-0.39, 0.29) is 12.0 Å². The van der Waals surface area contributed by atoms with Gasteiger partial charge < -0.3 is 15.4 Å². The van der Waals surface area contributed by atoms with Crippen molar-refractivity contribution in [2.24, 2.45) is 0 Å². The Morgan fingerprint density at radius 3 is 3.17 bits per heavy atom. The number of hydrogen-bond acceptors (Lipinski definition) is 3. The molecule has 96 valence electrons. The first-order valence-electron chi connectivity index (χ1n) is 6.62. The van der Waals surface area contributed by atoms with Crippen LogP contribution in [0.1, 0.15) is 24.8 Å². The first-order chi connectivity index (χ1) is 8.83. The lowest BCUT2D eigenvalue weighted by Gasteiger charge is -2.19. The van der Waals surface area contributed by atoms with E-state index < -0.39 is 0 Å². The summed E-state index contributed by atoms with van der Waals surface area (Å²) in [5.41, 5.74) is 3.35. The van der Waals surface area contributed by atoms with E-state index in [0.717, 1.165) is 37.9 Å². The number of aryl methyl sites for hydroxylation is 1. The number of carbonyl (C=O) groups excluding carboxylic acids is 1. The van der Waals surface area contributed by atoms with Gasteiger partial charge in [-0.3, -0.25) is 4.79 Å². The van der Waals surface area contributed by atoms with Gasteiger partial charge >= 0.3 is 0 Å². The van der Waals surface area contributed by atoms with Crippen molar-refractivity contribution in [3.05, 3.63) is 23.8 Å². The lowest BCUT2D eigenvalue weighted by atomic mass is 10.0. The van der Waals surface area contributed by atoms with Gasteiger partial charge in [-0.25, -0.2) is 0 Å². The van der Waals surface area contributed by atoms with Crippen molar-refractivity contribution in [1.82, 2.24) is 0 Å². The van der Waals surface area contributed by atoms with Crippen molar-refractivity contribution in [2.75, 3.05) is 23.8 Å². The van der Waals surface area contributed by atoms with Gasteiger partial charge in [0.25, 0.3) is 5.91 Å². The van der Waals surface area contributed by atoms with Gasteiger partial charge in [0.05, 0.1) is 0 Å². The molecule has 4 nitrogen and oxygen atoms in total. The maximum atomic E-state index is 11.9. The summed E-state index contributed by atoms with van der Waals surface area (Å²) in [5.74, 6) is -0.0174. The molecule has 2 N–H and O–H groups in total. The van der Waals surface area contributed by atoms with Crippen LogP contribution < -0.4 is 10.6 Å². The number of hydrogen-bond donors (Lipinski definition) is 2. The number of fused-ring (bicyclic) bond motifs is 1. The fourth-order valence-corrected chi connectivity index (χ4v) is 2.56. The highest BCUT2D eigenvalue weighted by Gasteiger charge is 2.23. The number of rotatable bonds is 2. The Morgan fingerprint density at radius 1 is 1.39 bits per heavy atom. The summed E-state index contributed by atoms with van der Waals surface area (Å²) < 4.78 is 5.38. The molecule has 1 aromatic rings. The number of amides is 1.